The molecule has 1 heterocycles. The van der Waals surface area contributed by atoms with E-state index in [9.17, 15) is 0 Å². The fraction of sp³-hybridized carbons (Fsp3) is 0.538. The van der Waals surface area contributed by atoms with Gasteiger partial charge in [0.2, 0.25) is 0 Å². The molecule has 2 unspecified atom stereocenters. The van der Waals surface area contributed by atoms with E-state index in [-0.39, 0.29) is 12.1 Å². The van der Waals surface area contributed by atoms with Crippen molar-refractivity contribution >= 4 is 27.5 Å². The highest BCUT2D eigenvalue weighted by Crippen LogP contribution is 2.36. The standard InChI is InChI=1S/C13H18BrClN2/c1-2-6-17-7-5-12(16)13(17)10-8-9(14)3-4-11(10)15/h3-4,8,12-13H,2,5-7,16H2,1H3. The largest absolute Gasteiger partial charge is 0.326 e. The first-order valence-corrected chi connectivity index (χ1v) is 7.25. The Morgan fingerprint density at radius 1 is 1.53 bits per heavy atom. The van der Waals surface area contributed by atoms with E-state index in [1.54, 1.807) is 0 Å². The Balaban J connectivity index is 2.32. The first-order chi connectivity index (χ1) is 8.13. The van der Waals surface area contributed by atoms with Gasteiger partial charge >= 0.3 is 0 Å². The van der Waals surface area contributed by atoms with E-state index in [1.165, 1.54) is 0 Å². The number of nitrogens with two attached hydrogens (primary N) is 1. The molecule has 1 aliphatic heterocycles. The summed E-state index contributed by atoms with van der Waals surface area (Å²) in [7, 11) is 0. The van der Waals surface area contributed by atoms with Crippen molar-refractivity contribution < 1.29 is 0 Å². The van der Waals surface area contributed by atoms with Crippen LogP contribution in [-0.2, 0) is 0 Å². The summed E-state index contributed by atoms with van der Waals surface area (Å²) in [4.78, 5) is 2.44. The molecule has 2 N–H and O–H groups in total. The van der Waals surface area contributed by atoms with Crippen molar-refractivity contribution in [2.24, 2.45) is 5.73 Å². The number of rotatable bonds is 3. The molecule has 1 aromatic carbocycles. The Kier molecular flexibility index (Phi) is 4.47. The Morgan fingerprint density at radius 2 is 2.29 bits per heavy atom. The first kappa shape index (κ1) is 13.3. The molecule has 1 aliphatic rings. The van der Waals surface area contributed by atoms with Gasteiger partial charge in [-0.25, -0.2) is 0 Å². The van der Waals surface area contributed by atoms with Crippen molar-refractivity contribution in [2.75, 3.05) is 13.1 Å². The van der Waals surface area contributed by atoms with E-state index >= 15 is 0 Å². The highest BCUT2D eigenvalue weighted by Gasteiger charge is 2.33. The molecule has 2 rings (SSSR count). The average Bonchev–Trinajstić information content (AvgIpc) is 2.64. The number of likely N-dealkylation sites (tertiary alicyclic amines) is 1. The number of nitrogens with zero attached hydrogens (tertiary/aromatic N) is 1. The Labute approximate surface area is 116 Å². The van der Waals surface area contributed by atoms with Crippen LogP contribution in [0.15, 0.2) is 22.7 Å². The van der Waals surface area contributed by atoms with Crippen LogP contribution < -0.4 is 5.73 Å². The van der Waals surface area contributed by atoms with Crippen molar-refractivity contribution in [1.82, 2.24) is 4.90 Å². The maximum absolute atomic E-state index is 6.30. The van der Waals surface area contributed by atoms with Gasteiger partial charge in [0.15, 0.2) is 0 Å². The minimum Gasteiger partial charge on any atom is -0.326 e. The van der Waals surface area contributed by atoms with E-state index in [2.05, 4.69) is 33.8 Å². The highest BCUT2D eigenvalue weighted by atomic mass is 79.9. The predicted molar refractivity (Wildman–Crippen MR) is 76.3 cm³/mol. The van der Waals surface area contributed by atoms with Gasteiger partial charge in [-0.3, -0.25) is 4.90 Å². The van der Waals surface area contributed by atoms with Crippen LogP contribution >= 0.6 is 27.5 Å². The predicted octanol–water partition coefficient (Wildman–Crippen LogP) is 3.59. The summed E-state index contributed by atoms with van der Waals surface area (Å²) in [6.07, 6.45) is 2.20. The van der Waals surface area contributed by atoms with Crippen LogP contribution in [0.4, 0.5) is 0 Å². The number of benzene rings is 1. The summed E-state index contributed by atoms with van der Waals surface area (Å²) in [6, 6.07) is 6.46. The maximum Gasteiger partial charge on any atom is 0.0514 e. The lowest BCUT2D eigenvalue weighted by Gasteiger charge is -2.27. The van der Waals surface area contributed by atoms with Crippen LogP contribution in [0.3, 0.4) is 0 Å². The van der Waals surface area contributed by atoms with Crippen LogP contribution in [0, 0.1) is 0 Å². The summed E-state index contributed by atoms with van der Waals surface area (Å²) < 4.78 is 1.06. The summed E-state index contributed by atoms with van der Waals surface area (Å²) in [5, 5.41) is 0.816. The third-order valence-electron chi connectivity index (χ3n) is 3.34. The van der Waals surface area contributed by atoms with Crippen molar-refractivity contribution in [3.8, 4) is 0 Å². The molecule has 17 heavy (non-hydrogen) atoms. The third-order valence-corrected chi connectivity index (χ3v) is 4.17. The van der Waals surface area contributed by atoms with Gasteiger partial charge in [0.05, 0.1) is 6.04 Å². The quantitative estimate of drug-likeness (QED) is 0.923. The fourth-order valence-corrected chi connectivity index (χ4v) is 3.20. The summed E-state index contributed by atoms with van der Waals surface area (Å²) in [5.41, 5.74) is 7.39. The van der Waals surface area contributed by atoms with Crippen LogP contribution in [0.1, 0.15) is 31.4 Å². The lowest BCUT2D eigenvalue weighted by Crippen LogP contribution is -2.32. The first-order valence-electron chi connectivity index (χ1n) is 6.08. The zero-order valence-electron chi connectivity index (χ0n) is 10.00. The number of hydrogen-bond donors (Lipinski definition) is 1. The molecule has 2 nitrogen and oxygen atoms in total. The van der Waals surface area contributed by atoms with Crippen molar-refractivity contribution in [1.29, 1.82) is 0 Å². The molecule has 0 radical (unpaired) electrons. The lowest BCUT2D eigenvalue weighted by molar-refractivity contribution is 0.248. The zero-order valence-corrected chi connectivity index (χ0v) is 12.3. The monoisotopic (exact) mass is 316 g/mol. The van der Waals surface area contributed by atoms with E-state index in [1.807, 2.05) is 12.1 Å². The topological polar surface area (TPSA) is 29.3 Å². The van der Waals surface area contributed by atoms with Gasteiger partial charge in [-0.05, 0) is 43.1 Å². The molecule has 0 amide bonds. The maximum atomic E-state index is 6.30. The molecule has 2 atom stereocenters. The van der Waals surface area contributed by atoms with Crippen LogP contribution in [0.5, 0.6) is 0 Å². The molecule has 0 aliphatic carbocycles. The van der Waals surface area contributed by atoms with Gasteiger partial charge in [-0.1, -0.05) is 34.5 Å². The van der Waals surface area contributed by atoms with Gasteiger partial charge < -0.3 is 5.73 Å². The van der Waals surface area contributed by atoms with Gasteiger partial charge in [0.25, 0.3) is 0 Å². The van der Waals surface area contributed by atoms with Gasteiger partial charge in [0, 0.05) is 22.1 Å². The molecule has 1 aromatic rings. The third kappa shape index (κ3) is 2.84. The SMILES string of the molecule is CCCN1CCC(N)C1c1cc(Br)ccc1Cl. The molecule has 94 valence electrons. The average molecular weight is 318 g/mol. The Morgan fingerprint density at radius 3 is 3.00 bits per heavy atom. The minimum absolute atomic E-state index is 0.188. The van der Waals surface area contributed by atoms with E-state index < -0.39 is 0 Å². The lowest BCUT2D eigenvalue weighted by atomic mass is 10.0. The molecule has 0 aromatic heterocycles. The van der Waals surface area contributed by atoms with Crippen molar-refractivity contribution in [2.45, 2.75) is 31.8 Å². The molecule has 0 bridgehead atoms. The second kappa shape index (κ2) is 5.70. The van der Waals surface area contributed by atoms with E-state index in [4.69, 9.17) is 17.3 Å². The van der Waals surface area contributed by atoms with Crippen LogP contribution in [0.25, 0.3) is 0 Å². The van der Waals surface area contributed by atoms with Crippen molar-refractivity contribution in [3.63, 3.8) is 0 Å². The summed E-state index contributed by atoms with van der Waals surface area (Å²) in [6.45, 7) is 4.35. The minimum atomic E-state index is 0.188. The van der Waals surface area contributed by atoms with E-state index in [0.29, 0.717) is 0 Å². The second-order valence-electron chi connectivity index (χ2n) is 4.60. The molecule has 4 heteroatoms. The van der Waals surface area contributed by atoms with E-state index in [0.717, 1.165) is 41.0 Å². The summed E-state index contributed by atoms with van der Waals surface area (Å²) in [5.74, 6) is 0. The fourth-order valence-electron chi connectivity index (χ4n) is 2.59. The smallest absolute Gasteiger partial charge is 0.0514 e. The normalized spacial score (nSPS) is 25.4. The van der Waals surface area contributed by atoms with Gasteiger partial charge in [0.1, 0.15) is 0 Å². The van der Waals surface area contributed by atoms with Gasteiger partial charge in [-0.15, -0.1) is 0 Å². The van der Waals surface area contributed by atoms with Crippen LogP contribution in [0.2, 0.25) is 5.02 Å². The second-order valence-corrected chi connectivity index (χ2v) is 5.92. The molecule has 0 saturated carbocycles. The summed E-state index contributed by atoms with van der Waals surface area (Å²) >= 11 is 9.81. The molecule has 1 fully saturated rings. The Hall–Kier alpha value is -0.0900. The van der Waals surface area contributed by atoms with Crippen molar-refractivity contribution in [3.05, 3.63) is 33.3 Å². The van der Waals surface area contributed by atoms with Crippen LogP contribution in [-0.4, -0.2) is 24.0 Å². The molecule has 0 spiro atoms. The zero-order chi connectivity index (χ0) is 12.4. The number of halogens is 2. The molecule has 1 saturated heterocycles. The number of hydrogen-bond acceptors (Lipinski definition) is 2. The Bertz CT molecular complexity index is 395. The highest BCUT2D eigenvalue weighted by molar-refractivity contribution is 9.10. The molecular formula is C13H18BrClN2. The van der Waals surface area contributed by atoms with Gasteiger partial charge in [-0.2, -0.15) is 0 Å². The molecular weight excluding hydrogens is 300 g/mol.